The van der Waals surface area contributed by atoms with E-state index in [2.05, 4.69) is 25.6 Å². The second-order valence-corrected chi connectivity index (χ2v) is 7.88. The number of hydrogen-bond acceptors (Lipinski definition) is 7. The molecule has 0 saturated heterocycles. The van der Waals surface area contributed by atoms with Crippen LogP contribution in [0.1, 0.15) is 22.6 Å². The molecule has 0 atom stereocenters. The molecule has 4 N–H and O–H groups in total. The molecule has 142 valence electrons. The summed E-state index contributed by atoms with van der Waals surface area (Å²) in [5.41, 5.74) is 6.62. The van der Waals surface area contributed by atoms with E-state index in [-0.39, 0.29) is 5.91 Å². The van der Waals surface area contributed by atoms with Crippen molar-refractivity contribution >= 4 is 39.7 Å². The van der Waals surface area contributed by atoms with E-state index in [1.807, 2.05) is 30.6 Å². The molecule has 0 aromatic carbocycles. The second kappa shape index (κ2) is 8.78. The molecule has 0 aliphatic carbocycles. The van der Waals surface area contributed by atoms with E-state index in [9.17, 15) is 4.79 Å². The Morgan fingerprint density at radius 1 is 1.41 bits per heavy atom. The number of nitrogens with two attached hydrogens (primary N) is 1. The van der Waals surface area contributed by atoms with Gasteiger partial charge in [-0.3, -0.25) is 9.79 Å². The highest BCUT2D eigenvalue weighted by molar-refractivity contribution is 7.14. The molecule has 0 bridgehead atoms. The lowest BCUT2D eigenvalue weighted by molar-refractivity contribution is -0.119. The minimum Gasteiger partial charge on any atom is -0.458 e. The molecule has 0 unspecified atom stereocenters. The molecule has 8 nitrogen and oxygen atoms in total. The van der Waals surface area contributed by atoms with Gasteiger partial charge < -0.3 is 20.8 Å². The van der Waals surface area contributed by atoms with Crippen LogP contribution < -0.4 is 16.4 Å². The fourth-order valence-corrected chi connectivity index (χ4v) is 3.71. The number of amides is 1. The van der Waals surface area contributed by atoms with Gasteiger partial charge in [0.2, 0.25) is 5.91 Å². The molecule has 27 heavy (non-hydrogen) atoms. The third-order valence-electron chi connectivity index (χ3n) is 3.47. The third-order valence-corrected chi connectivity index (χ3v) is 5.20. The maximum absolute atomic E-state index is 11.0. The number of guanidine groups is 1. The molecule has 0 fully saturated rings. The minimum absolute atomic E-state index is 0.103. The third kappa shape index (κ3) is 5.63. The number of anilines is 1. The number of carbonyl (C=O) groups excluding carboxylic acids is 1. The maximum atomic E-state index is 11.0. The Labute approximate surface area is 164 Å². The quantitative estimate of drug-likeness (QED) is 0.412. The number of thiazole rings is 2. The van der Waals surface area contributed by atoms with Crippen LogP contribution >= 0.6 is 22.7 Å². The predicted octanol–water partition coefficient (Wildman–Crippen LogP) is 2.77. The zero-order valence-electron chi connectivity index (χ0n) is 15.0. The van der Waals surface area contributed by atoms with Crippen LogP contribution in [0.5, 0.6) is 0 Å². The molecular formula is C17H20N6O2S2. The van der Waals surface area contributed by atoms with Gasteiger partial charge in [0.15, 0.2) is 16.9 Å². The van der Waals surface area contributed by atoms with Crippen molar-refractivity contribution in [3.8, 4) is 11.5 Å². The molecule has 10 heteroatoms. The number of aryl methyl sites for hydroxylation is 1. The fraction of sp³-hybridized carbons (Fsp3) is 0.294. The average molecular weight is 405 g/mol. The summed E-state index contributed by atoms with van der Waals surface area (Å²) in [6.07, 6.45) is 2.68. The molecule has 0 spiro atoms. The maximum Gasteiger partial charge on any atom is 0.217 e. The van der Waals surface area contributed by atoms with Gasteiger partial charge in [0.05, 0.1) is 11.6 Å². The highest BCUT2D eigenvalue weighted by Gasteiger charge is 2.10. The van der Waals surface area contributed by atoms with Gasteiger partial charge in [0.1, 0.15) is 11.5 Å². The van der Waals surface area contributed by atoms with E-state index < -0.39 is 0 Å². The van der Waals surface area contributed by atoms with Gasteiger partial charge in [-0.25, -0.2) is 9.97 Å². The zero-order chi connectivity index (χ0) is 19.2. The van der Waals surface area contributed by atoms with Crippen molar-refractivity contribution in [3.05, 3.63) is 39.4 Å². The molecule has 3 rings (SSSR count). The number of aromatic nitrogens is 2. The van der Waals surface area contributed by atoms with Crippen LogP contribution in [-0.4, -0.2) is 28.4 Å². The summed E-state index contributed by atoms with van der Waals surface area (Å²) in [7, 11) is 0. The van der Waals surface area contributed by atoms with Crippen molar-refractivity contribution in [3.63, 3.8) is 0 Å². The zero-order valence-corrected chi connectivity index (χ0v) is 16.6. The number of hydrogen-bond donors (Lipinski definition) is 3. The molecule has 1 amide bonds. The Kier molecular flexibility index (Phi) is 6.20. The van der Waals surface area contributed by atoms with Crippen molar-refractivity contribution in [2.75, 3.05) is 11.9 Å². The lowest BCUT2D eigenvalue weighted by Crippen LogP contribution is -2.22. The number of furan rings is 1. The van der Waals surface area contributed by atoms with Gasteiger partial charge in [-0.15, -0.1) is 22.7 Å². The first-order valence-electron chi connectivity index (χ1n) is 8.27. The Morgan fingerprint density at radius 2 is 2.26 bits per heavy atom. The Morgan fingerprint density at radius 3 is 3.00 bits per heavy atom. The minimum atomic E-state index is -0.103. The van der Waals surface area contributed by atoms with Gasteiger partial charge >= 0.3 is 0 Å². The number of aliphatic imine (C=N–C) groups is 1. The van der Waals surface area contributed by atoms with Gasteiger partial charge in [-0.2, -0.15) is 0 Å². The molecule has 3 heterocycles. The number of nitrogens with one attached hydrogen (secondary N) is 2. The van der Waals surface area contributed by atoms with Crippen LogP contribution in [0, 0.1) is 6.92 Å². The van der Waals surface area contributed by atoms with Crippen molar-refractivity contribution in [1.29, 1.82) is 0 Å². The second-order valence-electron chi connectivity index (χ2n) is 5.70. The van der Waals surface area contributed by atoms with E-state index in [0.29, 0.717) is 41.4 Å². The van der Waals surface area contributed by atoms with Gasteiger partial charge in [0, 0.05) is 36.3 Å². The van der Waals surface area contributed by atoms with E-state index in [4.69, 9.17) is 10.2 Å². The van der Waals surface area contributed by atoms with Crippen LogP contribution in [0.2, 0.25) is 0 Å². The van der Waals surface area contributed by atoms with E-state index >= 15 is 0 Å². The molecule has 3 aromatic rings. The van der Waals surface area contributed by atoms with Crippen molar-refractivity contribution in [2.45, 2.75) is 26.8 Å². The fourth-order valence-electron chi connectivity index (χ4n) is 2.22. The number of nitrogens with zero attached hydrogens (tertiary/aromatic N) is 3. The predicted molar refractivity (Wildman–Crippen MR) is 108 cm³/mol. The number of rotatable bonds is 7. The molecule has 0 aliphatic heterocycles. The summed E-state index contributed by atoms with van der Waals surface area (Å²) in [6.45, 7) is 4.38. The highest BCUT2D eigenvalue weighted by atomic mass is 32.1. The molecule has 3 aromatic heterocycles. The topological polar surface area (TPSA) is 118 Å². The van der Waals surface area contributed by atoms with E-state index in [0.717, 1.165) is 11.4 Å². The summed E-state index contributed by atoms with van der Waals surface area (Å²) in [5.74, 6) is 1.52. The van der Waals surface area contributed by atoms with Crippen molar-refractivity contribution in [2.24, 2.45) is 10.7 Å². The summed E-state index contributed by atoms with van der Waals surface area (Å²) in [5, 5.41) is 9.25. The highest BCUT2D eigenvalue weighted by Crippen LogP contribution is 2.26. The standard InChI is InChI=1S/C17H20N6O2S2/c1-10(24)20-7-12-3-4-15(25-12)14-9-26-17(22-14)23-16(18)19-6-5-13-8-21-11(2)27-13/h3-4,8-9H,5-7H2,1-2H3,(H,20,24)(H3,18,19,22,23). The van der Waals surface area contributed by atoms with Crippen LogP contribution in [0.25, 0.3) is 11.5 Å². The summed E-state index contributed by atoms with van der Waals surface area (Å²) in [4.78, 5) is 25.1. The molecule has 0 aliphatic rings. The van der Waals surface area contributed by atoms with E-state index in [1.54, 1.807) is 11.3 Å². The number of carbonyl (C=O) groups is 1. The smallest absolute Gasteiger partial charge is 0.217 e. The summed E-state index contributed by atoms with van der Waals surface area (Å²) < 4.78 is 5.69. The Hall–Kier alpha value is -2.72. The molecule has 0 radical (unpaired) electrons. The monoisotopic (exact) mass is 404 g/mol. The van der Waals surface area contributed by atoms with Crippen LogP contribution in [0.15, 0.2) is 33.1 Å². The normalized spacial score (nSPS) is 11.6. The lowest BCUT2D eigenvalue weighted by atomic mass is 10.3. The average Bonchev–Trinajstić information content (AvgIpc) is 3.34. The summed E-state index contributed by atoms with van der Waals surface area (Å²) >= 11 is 3.08. The van der Waals surface area contributed by atoms with Crippen LogP contribution in [0.4, 0.5) is 5.13 Å². The Balaban J connectivity index is 1.54. The van der Waals surface area contributed by atoms with Gasteiger partial charge in [0.25, 0.3) is 0 Å². The lowest BCUT2D eigenvalue weighted by Gasteiger charge is -2.01. The first kappa shape index (κ1) is 19.1. The SMILES string of the molecule is CC(=O)NCc1ccc(-c2csc(NC(N)=NCCc3cnc(C)s3)n2)o1. The van der Waals surface area contributed by atoms with Gasteiger partial charge in [-0.05, 0) is 19.1 Å². The molecule has 0 saturated carbocycles. The van der Waals surface area contributed by atoms with E-state index in [1.165, 1.54) is 23.1 Å². The first-order chi connectivity index (χ1) is 13.0. The Bertz CT molecular complexity index is 943. The van der Waals surface area contributed by atoms with Crippen LogP contribution in [-0.2, 0) is 17.8 Å². The van der Waals surface area contributed by atoms with Crippen molar-refractivity contribution in [1.82, 2.24) is 15.3 Å². The molecular weight excluding hydrogens is 384 g/mol. The first-order valence-corrected chi connectivity index (χ1v) is 9.96. The largest absolute Gasteiger partial charge is 0.458 e. The van der Waals surface area contributed by atoms with Gasteiger partial charge in [-0.1, -0.05) is 0 Å². The van der Waals surface area contributed by atoms with Crippen LogP contribution in [0.3, 0.4) is 0 Å². The summed E-state index contributed by atoms with van der Waals surface area (Å²) in [6, 6.07) is 3.64. The van der Waals surface area contributed by atoms with Crippen molar-refractivity contribution < 1.29 is 9.21 Å².